The topological polar surface area (TPSA) is 96.6 Å². The van der Waals surface area contributed by atoms with Crippen molar-refractivity contribution in [2.75, 3.05) is 26.3 Å². The van der Waals surface area contributed by atoms with Crippen molar-refractivity contribution in [3.05, 3.63) is 45.5 Å². The molecule has 1 heterocycles. The van der Waals surface area contributed by atoms with E-state index >= 15 is 0 Å². The highest BCUT2D eigenvalue weighted by Crippen LogP contribution is 2.23. The number of nitrogens with zero attached hydrogens (tertiary/aromatic N) is 4. The number of nitrogens with one attached hydrogen (secondary N) is 2. The predicted octanol–water partition coefficient (Wildman–Crippen LogP) is 2.63. The van der Waals surface area contributed by atoms with Crippen LogP contribution in [0.4, 0.5) is 0 Å². The lowest BCUT2D eigenvalue weighted by Crippen LogP contribution is -2.40. The molecule has 29 heavy (non-hydrogen) atoms. The Morgan fingerprint density at radius 3 is 2.59 bits per heavy atom. The minimum absolute atomic E-state index is 0.242. The number of hydrogen-bond donors (Lipinski definition) is 3. The molecule has 1 atom stereocenters. The molecule has 1 aromatic carbocycles. The standard InChI is InChI=1S/C19H28Cl2N6O2/c1-4-29-7-5-6-22-19(24-12-18-26-25-13(2)27(18)3)23-11-17(28)14-8-15(20)10-16(21)9-14/h8-10,17,28H,4-7,11-12H2,1-3H3,(H2,22,23,24). The van der Waals surface area contributed by atoms with Gasteiger partial charge < -0.3 is 25.0 Å². The molecule has 0 amide bonds. The molecule has 3 N–H and O–H groups in total. The van der Waals surface area contributed by atoms with Crippen LogP contribution in [-0.4, -0.2) is 52.1 Å². The van der Waals surface area contributed by atoms with Crippen molar-refractivity contribution in [3.8, 4) is 0 Å². The van der Waals surface area contributed by atoms with E-state index in [9.17, 15) is 5.11 Å². The number of ether oxygens (including phenoxy) is 1. The maximum absolute atomic E-state index is 10.5. The molecule has 2 aromatic rings. The van der Waals surface area contributed by atoms with E-state index in [1.807, 2.05) is 25.5 Å². The van der Waals surface area contributed by atoms with Gasteiger partial charge in [-0.05, 0) is 44.0 Å². The Labute approximate surface area is 181 Å². The summed E-state index contributed by atoms with van der Waals surface area (Å²) < 4.78 is 7.24. The fourth-order valence-corrected chi connectivity index (χ4v) is 3.06. The molecular formula is C19H28Cl2N6O2. The lowest BCUT2D eigenvalue weighted by Gasteiger charge is -2.16. The van der Waals surface area contributed by atoms with Crippen molar-refractivity contribution in [3.63, 3.8) is 0 Å². The summed E-state index contributed by atoms with van der Waals surface area (Å²) in [6, 6.07) is 5.01. The molecule has 1 aromatic heterocycles. The van der Waals surface area contributed by atoms with Gasteiger partial charge in [0.15, 0.2) is 11.8 Å². The summed E-state index contributed by atoms with van der Waals surface area (Å²) in [5, 5.41) is 26.0. The van der Waals surface area contributed by atoms with E-state index in [4.69, 9.17) is 27.9 Å². The molecule has 10 heteroatoms. The van der Waals surface area contributed by atoms with Crippen LogP contribution in [0.2, 0.25) is 10.0 Å². The van der Waals surface area contributed by atoms with Crippen LogP contribution in [0.3, 0.4) is 0 Å². The van der Waals surface area contributed by atoms with E-state index in [0.29, 0.717) is 47.9 Å². The van der Waals surface area contributed by atoms with Gasteiger partial charge in [0.05, 0.1) is 6.10 Å². The Bertz CT molecular complexity index is 792. The Morgan fingerprint density at radius 2 is 1.97 bits per heavy atom. The molecule has 0 radical (unpaired) electrons. The second kappa shape index (κ2) is 12.0. The fraction of sp³-hybridized carbons (Fsp3) is 0.526. The summed E-state index contributed by atoms with van der Waals surface area (Å²) in [6.45, 7) is 6.50. The molecule has 2 rings (SSSR count). The maximum atomic E-state index is 10.5. The Morgan fingerprint density at radius 1 is 1.24 bits per heavy atom. The molecular weight excluding hydrogens is 415 g/mol. The van der Waals surface area contributed by atoms with Gasteiger partial charge in [-0.25, -0.2) is 4.99 Å². The third-order valence-electron chi connectivity index (χ3n) is 4.26. The first kappa shape index (κ1) is 23.4. The van der Waals surface area contributed by atoms with Gasteiger partial charge in [-0.3, -0.25) is 0 Å². The minimum Gasteiger partial charge on any atom is -0.387 e. The van der Waals surface area contributed by atoms with Crippen LogP contribution in [0, 0.1) is 6.92 Å². The van der Waals surface area contributed by atoms with Gasteiger partial charge >= 0.3 is 0 Å². The number of hydrogen-bond acceptors (Lipinski definition) is 5. The lowest BCUT2D eigenvalue weighted by atomic mass is 10.1. The summed E-state index contributed by atoms with van der Waals surface area (Å²) in [4.78, 5) is 4.55. The van der Waals surface area contributed by atoms with E-state index in [0.717, 1.165) is 18.1 Å². The molecule has 0 aliphatic rings. The summed E-state index contributed by atoms with van der Waals surface area (Å²) in [5.41, 5.74) is 0.634. The molecule has 0 aliphatic heterocycles. The quantitative estimate of drug-likeness (QED) is 0.297. The number of rotatable bonds is 10. The first-order valence-electron chi connectivity index (χ1n) is 9.49. The first-order chi connectivity index (χ1) is 13.9. The monoisotopic (exact) mass is 442 g/mol. The van der Waals surface area contributed by atoms with Gasteiger partial charge in [-0.2, -0.15) is 0 Å². The second-order valence-electron chi connectivity index (χ2n) is 6.46. The van der Waals surface area contributed by atoms with Crippen molar-refractivity contribution in [2.24, 2.45) is 12.0 Å². The maximum Gasteiger partial charge on any atom is 0.191 e. The van der Waals surface area contributed by atoms with Crippen molar-refractivity contribution in [1.82, 2.24) is 25.4 Å². The second-order valence-corrected chi connectivity index (χ2v) is 7.34. The molecule has 0 saturated carbocycles. The SMILES string of the molecule is CCOCCCNC(=NCc1nnc(C)n1C)NCC(O)c1cc(Cl)cc(Cl)c1. The first-order valence-corrected chi connectivity index (χ1v) is 10.2. The number of aromatic nitrogens is 3. The van der Waals surface area contributed by atoms with E-state index < -0.39 is 6.10 Å². The zero-order valence-electron chi connectivity index (χ0n) is 17.0. The van der Waals surface area contributed by atoms with Gasteiger partial charge in [-0.1, -0.05) is 23.2 Å². The molecule has 0 saturated heterocycles. The van der Waals surface area contributed by atoms with Crippen LogP contribution in [0.25, 0.3) is 0 Å². The number of halogens is 2. The number of guanidine groups is 1. The van der Waals surface area contributed by atoms with Crippen LogP contribution >= 0.6 is 23.2 Å². The van der Waals surface area contributed by atoms with Crippen molar-refractivity contribution >= 4 is 29.2 Å². The zero-order chi connectivity index (χ0) is 21.2. The average Bonchev–Trinajstić information content (AvgIpc) is 3.00. The number of aryl methyl sites for hydroxylation is 1. The van der Waals surface area contributed by atoms with E-state index in [1.54, 1.807) is 18.2 Å². The van der Waals surface area contributed by atoms with Crippen LogP contribution in [0.5, 0.6) is 0 Å². The highest BCUT2D eigenvalue weighted by molar-refractivity contribution is 6.34. The third kappa shape index (κ3) is 7.81. The molecule has 0 spiro atoms. The van der Waals surface area contributed by atoms with Gasteiger partial charge in [-0.15, -0.1) is 10.2 Å². The van der Waals surface area contributed by atoms with Crippen molar-refractivity contribution < 1.29 is 9.84 Å². The normalized spacial score (nSPS) is 12.8. The Kier molecular flexibility index (Phi) is 9.66. The fourth-order valence-electron chi connectivity index (χ4n) is 2.52. The third-order valence-corrected chi connectivity index (χ3v) is 4.69. The highest BCUT2D eigenvalue weighted by Gasteiger charge is 2.11. The molecule has 0 bridgehead atoms. The van der Waals surface area contributed by atoms with E-state index in [1.165, 1.54) is 0 Å². The van der Waals surface area contributed by atoms with Crippen LogP contribution in [-0.2, 0) is 18.3 Å². The van der Waals surface area contributed by atoms with Gasteiger partial charge in [0.2, 0.25) is 0 Å². The summed E-state index contributed by atoms with van der Waals surface area (Å²) >= 11 is 12.0. The van der Waals surface area contributed by atoms with E-state index in [2.05, 4.69) is 25.8 Å². The van der Waals surface area contributed by atoms with Crippen LogP contribution in [0.1, 0.15) is 36.7 Å². The lowest BCUT2D eigenvalue weighted by molar-refractivity contribution is 0.145. The largest absolute Gasteiger partial charge is 0.387 e. The van der Waals surface area contributed by atoms with Gasteiger partial charge in [0.1, 0.15) is 12.4 Å². The number of aliphatic hydroxyl groups is 1. The predicted molar refractivity (Wildman–Crippen MR) is 115 cm³/mol. The summed E-state index contributed by atoms with van der Waals surface area (Å²) in [6.07, 6.45) is 0.0445. The molecule has 0 aliphatic carbocycles. The number of aliphatic imine (C=N–C) groups is 1. The summed E-state index contributed by atoms with van der Waals surface area (Å²) in [7, 11) is 1.90. The minimum atomic E-state index is -0.793. The average molecular weight is 443 g/mol. The van der Waals surface area contributed by atoms with Crippen molar-refractivity contribution in [2.45, 2.75) is 32.9 Å². The van der Waals surface area contributed by atoms with Gasteiger partial charge in [0.25, 0.3) is 0 Å². The number of benzene rings is 1. The number of aliphatic hydroxyl groups excluding tert-OH is 1. The van der Waals surface area contributed by atoms with Crippen LogP contribution < -0.4 is 10.6 Å². The highest BCUT2D eigenvalue weighted by atomic mass is 35.5. The van der Waals surface area contributed by atoms with Crippen molar-refractivity contribution in [1.29, 1.82) is 0 Å². The van der Waals surface area contributed by atoms with Crippen LogP contribution in [0.15, 0.2) is 23.2 Å². The van der Waals surface area contributed by atoms with Gasteiger partial charge in [0, 0.05) is 43.4 Å². The Balaban J connectivity index is 1.99. The zero-order valence-corrected chi connectivity index (χ0v) is 18.5. The molecule has 160 valence electrons. The molecule has 1 unspecified atom stereocenters. The summed E-state index contributed by atoms with van der Waals surface area (Å²) in [5.74, 6) is 2.14. The molecule has 0 fully saturated rings. The smallest absolute Gasteiger partial charge is 0.191 e. The molecule has 8 nitrogen and oxygen atoms in total. The van der Waals surface area contributed by atoms with E-state index in [-0.39, 0.29) is 6.54 Å². The Hall–Kier alpha value is -1.87.